The number of nitrogens with zero attached hydrogens (tertiary/aromatic N) is 1. The van der Waals surface area contributed by atoms with Gasteiger partial charge in [0.15, 0.2) is 0 Å². The smallest absolute Gasteiger partial charge is 0.112 e. The van der Waals surface area contributed by atoms with E-state index < -0.39 is 0 Å². The molecule has 1 aromatic heterocycles. The van der Waals surface area contributed by atoms with Crippen molar-refractivity contribution < 1.29 is 0 Å². The summed E-state index contributed by atoms with van der Waals surface area (Å²) in [6.45, 7) is 9.38. The Morgan fingerprint density at radius 1 is 1.20 bits per heavy atom. The van der Waals surface area contributed by atoms with E-state index in [0.29, 0.717) is 0 Å². The third kappa shape index (κ3) is 3.83. The minimum absolute atomic E-state index is 0.111. The number of nitrogens with one attached hydrogen (secondary N) is 1. The van der Waals surface area contributed by atoms with Crippen LogP contribution in [0.2, 0.25) is 0 Å². The minimum Gasteiger partial charge on any atom is -0.377 e. The molecule has 5 heteroatoms. The number of benzene rings is 1. The molecule has 0 fully saturated rings. The number of hydrogen-bond acceptors (Lipinski definition) is 3. The summed E-state index contributed by atoms with van der Waals surface area (Å²) in [7, 11) is 0. The molecule has 0 unspecified atom stereocenters. The predicted molar refractivity (Wildman–Crippen MR) is 94.7 cm³/mol. The average molecular weight is 418 g/mol. The summed E-state index contributed by atoms with van der Waals surface area (Å²) >= 11 is 8.90. The molecule has 0 saturated carbocycles. The molecule has 0 amide bonds. The van der Waals surface area contributed by atoms with Crippen molar-refractivity contribution in [3.63, 3.8) is 0 Å². The van der Waals surface area contributed by atoms with Crippen LogP contribution in [0.4, 0.5) is 5.69 Å². The number of aryl methyl sites for hydroxylation is 1. The maximum absolute atomic E-state index is 4.70. The molecule has 2 nitrogen and oxygen atoms in total. The van der Waals surface area contributed by atoms with Crippen molar-refractivity contribution in [2.45, 2.75) is 39.7 Å². The molecular formula is C15H18Br2N2S. The van der Waals surface area contributed by atoms with Crippen LogP contribution in [-0.4, -0.2) is 4.98 Å². The van der Waals surface area contributed by atoms with Crippen LogP contribution in [0.25, 0.3) is 0 Å². The van der Waals surface area contributed by atoms with Crippen molar-refractivity contribution in [2.24, 2.45) is 0 Å². The second-order valence-corrected chi connectivity index (χ2v) is 8.48. The van der Waals surface area contributed by atoms with E-state index in [1.54, 1.807) is 11.3 Å². The van der Waals surface area contributed by atoms with Crippen LogP contribution in [-0.2, 0) is 12.0 Å². The van der Waals surface area contributed by atoms with Gasteiger partial charge in [0, 0.05) is 19.7 Å². The summed E-state index contributed by atoms with van der Waals surface area (Å²) in [5, 5.41) is 6.70. The van der Waals surface area contributed by atoms with Crippen LogP contribution in [0.1, 0.15) is 37.0 Å². The monoisotopic (exact) mass is 416 g/mol. The lowest BCUT2D eigenvalue weighted by atomic mass is 9.93. The molecule has 20 heavy (non-hydrogen) atoms. The predicted octanol–water partition coefficient (Wildman–Crippen LogP) is 5.89. The first-order chi connectivity index (χ1) is 9.27. The summed E-state index contributed by atoms with van der Waals surface area (Å²) in [4.78, 5) is 4.70. The van der Waals surface area contributed by atoms with Gasteiger partial charge in [0.05, 0.1) is 17.9 Å². The third-order valence-electron chi connectivity index (χ3n) is 2.92. The van der Waals surface area contributed by atoms with Crippen LogP contribution in [0.5, 0.6) is 0 Å². The van der Waals surface area contributed by atoms with Gasteiger partial charge in [0.1, 0.15) is 5.01 Å². The highest BCUT2D eigenvalue weighted by Gasteiger charge is 2.17. The maximum atomic E-state index is 4.70. The van der Waals surface area contributed by atoms with Crippen LogP contribution >= 0.6 is 43.2 Å². The van der Waals surface area contributed by atoms with Gasteiger partial charge >= 0.3 is 0 Å². The first-order valence-corrected chi connectivity index (χ1v) is 8.88. The van der Waals surface area contributed by atoms with Crippen LogP contribution < -0.4 is 5.32 Å². The number of halogens is 2. The summed E-state index contributed by atoms with van der Waals surface area (Å²) in [5.41, 5.74) is 3.56. The molecule has 0 aliphatic rings. The SMILES string of the molecule is Cc1cc(Br)c(NCc2nc(C(C)(C)C)cs2)c(Br)c1. The fourth-order valence-electron chi connectivity index (χ4n) is 1.77. The van der Waals surface area contributed by atoms with E-state index in [0.717, 1.165) is 31.9 Å². The Balaban J connectivity index is 2.12. The topological polar surface area (TPSA) is 24.9 Å². The zero-order valence-electron chi connectivity index (χ0n) is 12.1. The van der Waals surface area contributed by atoms with Crippen molar-refractivity contribution >= 4 is 48.9 Å². The van der Waals surface area contributed by atoms with Gasteiger partial charge in [-0.2, -0.15) is 0 Å². The minimum atomic E-state index is 0.111. The molecule has 0 spiro atoms. The summed E-state index contributed by atoms with van der Waals surface area (Å²) in [5.74, 6) is 0. The van der Waals surface area contributed by atoms with Crippen molar-refractivity contribution in [3.8, 4) is 0 Å². The quantitative estimate of drug-likeness (QED) is 0.673. The Bertz CT molecular complexity index is 592. The van der Waals surface area contributed by atoms with Gasteiger partial charge in [-0.05, 0) is 56.5 Å². The van der Waals surface area contributed by atoms with Crippen LogP contribution in [0, 0.1) is 6.92 Å². The molecular weight excluding hydrogens is 400 g/mol. The van der Waals surface area contributed by atoms with Crippen LogP contribution in [0.15, 0.2) is 26.5 Å². The van der Waals surface area contributed by atoms with E-state index in [4.69, 9.17) is 4.98 Å². The fraction of sp³-hybridized carbons (Fsp3) is 0.400. The largest absolute Gasteiger partial charge is 0.377 e. The molecule has 2 rings (SSSR count). The van der Waals surface area contributed by atoms with E-state index in [-0.39, 0.29) is 5.41 Å². The molecule has 0 aliphatic carbocycles. The Morgan fingerprint density at radius 2 is 1.80 bits per heavy atom. The molecule has 1 aromatic carbocycles. The molecule has 0 atom stereocenters. The van der Waals surface area contributed by atoms with Gasteiger partial charge in [-0.1, -0.05) is 20.8 Å². The van der Waals surface area contributed by atoms with Crippen molar-refractivity contribution in [1.82, 2.24) is 4.98 Å². The zero-order chi connectivity index (χ0) is 14.9. The van der Waals surface area contributed by atoms with Gasteiger partial charge in [-0.15, -0.1) is 11.3 Å². The Hall–Kier alpha value is -0.390. The van der Waals surface area contributed by atoms with Gasteiger partial charge in [-0.3, -0.25) is 0 Å². The standard InChI is InChI=1S/C15H18Br2N2S/c1-9-5-10(16)14(11(17)6-9)18-7-13-19-12(8-20-13)15(2,3)4/h5-6,8,18H,7H2,1-4H3. The van der Waals surface area contributed by atoms with Crippen molar-refractivity contribution in [2.75, 3.05) is 5.32 Å². The van der Waals surface area contributed by atoms with E-state index in [1.807, 2.05) is 0 Å². The highest BCUT2D eigenvalue weighted by atomic mass is 79.9. The summed E-state index contributed by atoms with van der Waals surface area (Å²) in [6, 6.07) is 4.21. The lowest BCUT2D eigenvalue weighted by Crippen LogP contribution is -2.12. The molecule has 1 heterocycles. The Labute approximate surface area is 141 Å². The van der Waals surface area contributed by atoms with Gasteiger partial charge in [-0.25, -0.2) is 4.98 Å². The first kappa shape index (κ1) is 16.0. The molecule has 2 aromatic rings. The summed E-state index contributed by atoms with van der Waals surface area (Å²) < 4.78 is 2.13. The molecule has 0 radical (unpaired) electrons. The number of aromatic nitrogens is 1. The molecule has 1 N–H and O–H groups in total. The lowest BCUT2D eigenvalue weighted by Gasteiger charge is -2.14. The first-order valence-electron chi connectivity index (χ1n) is 6.42. The van der Waals surface area contributed by atoms with Gasteiger partial charge < -0.3 is 5.32 Å². The average Bonchev–Trinajstić information content (AvgIpc) is 2.75. The number of rotatable bonds is 3. The highest BCUT2D eigenvalue weighted by molar-refractivity contribution is 9.11. The number of hydrogen-bond donors (Lipinski definition) is 1. The number of anilines is 1. The van der Waals surface area contributed by atoms with Gasteiger partial charge in [0.25, 0.3) is 0 Å². The van der Waals surface area contributed by atoms with E-state index >= 15 is 0 Å². The number of thiazole rings is 1. The summed E-state index contributed by atoms with van der Waals surface area (Å²) in [6.07, 6.45) is 0. The molecule has 0 bridgehead atoms. The molecule has 108 valence electrons. The fourth-order valence-corrected chi connectivity index (χ4v) is 4.43. The van der Waals surface area contributed by atoms with Crippen molar-refractivity contribution in [3.05, 3.63) is 42.7 Å². The lowest BCUT2D eigenvalue weighted by molar-refractivity contribution is 0.571. The van der Waals surface area contributed by atoms with Gasteiger partial charge in [0.2, 0.25) is 0 Å². The molecule has 0 saturated heterocycles. The highest BCUT2D eigenvalue weighted by Crippen LogP contribution is 2.33. The van der Waals surface area contributed by atoms with E-state index in [2.05, 4.69) is 82.4 Å². The van der Waals surface area contributed by atoms with E-state index in [1.165, 1.54) is 5.56 Å². The second-order valence-electron chi connectivity index (χ2n) is 5.83. The van der Waals surface area contributed by atoms with Crippen LogP contribution in [0.3, 0.4) is 0 Å². The molecule has 0 aliphatic heterocycles. The van der Waals surface area contributed by atoms with E-state index in [9.17, 15) is 0 Å². The zero-order valence-corrected chi connectivity index (χ0v) is 16.0. The second kappa shape index (κ2) is 6.16. The maximum Gasteiger partial charge on any atom is 0.112 e. The Morgan fingerprint density at radius 3 is 2.30 bits per heavy atom. The van der Waals surface area contributed by atoms with Crippen molar-refractivity contribution in [1.29, 1.82) is 0 Å². The normalized spacial score (nSPS) is 11.7. The third-order valence-corrected chi connectivity index (χ3v) is 5.02. The Kier molecular flexibility index (Phi) is 4.92.